The Morgan fingerprint density at radius 2 is 1.50 bits per heavy atom. The lowest BCUT2D eigenvalue weighted by Gasteiger charge is -2.38. The van der Waals surface area contributed by atoms with Crippen molar-refractivity contribution in [3.63, 3.8) is 0 Å². The van der Waals surface area contributed by atoms with Crippen molar-refractivity contribution in [2.75, 3.05) is 4.90 Å². The number of hydrogen-bond donors (Lipinski definition) is 0. The molecule has 1 spiro atoms. The molecule has 0 radical (unpaired) electrons. The second-order valence-corrected chi connectivity index (χ2v) is 10.9. The highest BCUT2D eigenvalue weighted by atomic mass is 19.1. The zero-order valence-corrected chi connectivity index (χ0v) is 20.4. The minimum Gasteiger partial charge on any atom is -0.352 e. The minimum atomic E-state index is -1.51. The van der Waals surface area contributed by atoms with Gasteiger partial charge in [0.2, 0.25) is 0 Å². The van der Waals surface area contributed by atoms with Crippen LogP contribution in [0.25, 0.3) is 6.08 Å². The molecule has 5 heteroatoms. The number of benzene rings is 3. The second-order valence-electron chi connectivity index (χ2n) is 10.9. The number of Topliss-reactive ketones (excluding diaryl/α,β-unsaturated/α-hetero) is 3. The van der Waals surface area contributed by atoms with Crippen molar-refractivity contribution in [2.24, 2.45) is 10.8 Å². The quantitative estimate of drug-likeness (QED) is 0.431. The van der Waals surface area contributed by atoms with E-state index in [1.165, 1.54) is 12.1 Å². The molecule has 0 N–H and O–H groups in total. The van der Waals surface area contributed by atoms with Gasteiger partial charge in [-0.3, -0.25) is 14.4 Å². The van der Waals surface area contributed by atoms with Crippen molar-refractivity contribution in [2.45, 2.75) is 38.8 Å². The zero-order valence-electron chi connectivity index (χ0n) is 20.4. The van der Waals surface area contributed by atoms with Crippen molar-refractivity contribution in [1.82, 2.24) is 0 Å². The summed E-state index contributed by atoms with van der Waals surface area (Å²) >= 11 is 0. The molecular formula is C31H26FNO3. The molecule has 0 saturated carbocycles. The summed E-state index contributed by atoms with van der Waals surface area (Å²) in [4.78, 5) is 45.0. The molecular weight excluding hydrogens is 453 g/mol. The van der Waals surface area contributed by atoms with Gasteiger partial charge in [0.05, 0.1) is 12.1 Å². The number of ketones is 3. The first kappa shape index (κ1) is 22.6. The summed E-state index contributed by atoms with van der Waals surface area (Å²) in [6.07, 6.45) is 3.59. The van der Waals surface area contributed by atoms with E-state index in [1.54, 1.807) is 36.4 Å². The van der Waals surface area contributed by atoms with E-state index < -0.39 is 28.8 Å². The highest BCUT2D eigenvalue weighted by Crippen LogP contribution is 2.61. The van der Waals surface area contributed by atoms with Crippen molar-refractivity contribution in [1.29, 1.82) is 0 Å². The average Bonchev–Trinajstić information content (AvgIpc) is 3.29. The predicted octanol–water partition coefficient (Wildman–Crippen LogP) is 5.87. The molecule has 1 fully saturated rings. The molecule has 180 valence electrons. The number of hydrogen-bond acceptors (Lipinski definition) is 4. The molecule has 36 heavy (non-hydrogen) atoms. The van der Waals surface area contributed by atoms with Gasteiger partial charge in [-0.15, -0.1) is 0 Å². The Morgan fingerprint density at radius 1 is 0.889 bits per heavy atom. The molecule has 2 aliphatic heterocycles. The Bertz CT molecular complexity index is 1430. The van der Waals surface area contributed by atoms with E-state index in [0.717, 1.165) is 5.56 Å². The van der Waals surface area contributed by atoms with Gasteiger partial charge in [-0.25, -0.2) is 4.39 Å². The van der Waals surface area contributed by atoms with Crippen LogP contribution in [0.15, 0.2) is 78.9 Å². The summed E-state index contributed by atoms with van der Waals surface area (Å²) < 4.78 is 14.2. The molecule has 3 aromatic rings. The SMILES string of the molecule is CC(C)(C)C(=O)[C@H]1[C@H](c2ccccc2)C2(C(=O)c3ccccc3C2=O)[C@H]2C=Cc3cc(F)ccc3N12. The first-order valence-corrected chi connectivity index (χ1v) is 12.2. The fraction of sp³-hybridized carbons (Fsp3) is 0.258. The van der Waals surface area contributed by atoms with E-state index in [-0.39, 0.29) is 23.2 Å². The van der Waals surface area contributed by atoms with E-state index in [4.69, 9.17) is 0 Å². The molecule has 0 aromatic heterocycles. The first-order valence-electron chi connectivity index (χ1n) is 12.2. The second kappa shape index (κ2) is 7.57. The standard InChI is InChI=1S/C31H26FNO3/c1-30(2,3)29(36)26-25(18-9-5-4-6-10-18)31(27(34)21-11-7-8-12-22(21)28(31)35)24-16-13-19-17-20(32)14-15-23(19)33(24)26/h4-17,24-26H,1-3H3/t24-,25+,26-/m1/s1. The largest absolute Gasteiger partial charge is 0.352 e. The number of halogens is 1. The van der Waals surface area contributed by atoms with Crippen LogP contribution in [-0.2, 0) is 4.79 Å². The highest BCUT2D eigenvalue weighted by Gasteiger charge is 2.71. The Hall–Kier alpha value is -3.86. The molecule has 2 heterocycles. The van der Waals surface area contributed by atoms with Crippen molar-refractivity contribution >= 4 is 29.1 Å². The van der Waals surface area contributed by atoms with Gasteiger partial charge in [0.1, 0.15) is 11.2 Å². The van der Waals surface area contributed by atoms with Crippen LogP contribution in [-0.4, -0.2) is 29.4 Å². The highest BCUT2D eigenvalue weighted by molar-refractivity contribution is 6.32. The third-order valence-electron chi connectivity index (χ3n) is 7.93. The van der Waals surface area contributed by atoms with Crippen molar-refractivity contribution in [3.8, 4) is 0 Å². The number of fused-ring (bicyclic) bond motifs is 5. The Morgan fingerprint density at radius 3 is 2.11 bits per heavy atom. The van der Waals surface area contributed by atoms with E-state index >= 15 is 0 Å². The maximum Gasteiger partial charge on any atom is 0.180 e. The first-order chi connectivity index (χ1) is 17.2. The van der Waals surface area contributed by atoms with Gasteiger partial charge in [0, 0.05) is 33.7 Å². The summed E-state index contributed by atoms with van der Waals surface area (Å²) in [5.74, 6) is -1.69. The molecule has 6 rings (SSSR count). The van der Waals surface area contributed by atoms with E-state index in [0.29, 0.717) is 22.4 Å². The molecule has 4 nitrogen and oxygen atoms in total. The number of rotatable bonds is 2. The lowest BCUT2D eigenvalue weighted by molar-refractivity contribution is -0.127. The third-order valence-corrected chi connectivity index (χ3v) is 7.93. The molecule has 3 aromatic carbocycles. The van der Waals surface area contributed by atoms with E-state index in [9.17, 15) is 18.8 Å². The van der Waals surface area contributed by atoms with E-state index in [1.807, 2.05) is 62.1 Å². The Balaban J connectivity index is 1.70. The van der Waals surface area contributed by atoms with Gasteiger partial charge in [-0.2, -0.15) is 0 Å². The normalized spacial score (nSPS) is 23.6. The van der Waals surface area contributed by atoms with Gasteiger partial charge < -0.3 is 4.90 Å². The predicted molar refractivity (Wildman–Crippen MR) is 137 cm³/mol. The van der Waals surface area contributed by atoms with Crippen LogP contribution in [0.3, 0.4) is 0 Å². The van der Waals surface area contributed by atoms with Crippen molar-refractivity contribution < 1.29 is 18.8 Å². The number of carbonyl (C=O) groups is 3. The Labute approximate surface area is 209 Å². The van der Waals surface area contributed by atoms with Gasteiger partial charge in [0.15, 0.2) is 17.3 Å². The fourth-order valence-corrected chi connectivity index (χ4v) is 6.42. The molecule has 1 aliphatic carbocycles. The lowest BCUT2D eigenvalue weighted by Crippen LogP contribution is -2.49. The monoisotopic (exact) mass is 479 g/mol. The molecule has 0 amide bonds. The summed E-state index contributed by atoms with van der Waals surface area (Å²) in [6.45, 7) is 5.57. The van der Waals surface area contributed by atoms with Crippen LogP contribution in [0.1, 0.15) is 58.5 Å². The fourth-order valence-electron chi connectivity index (χ4n) is 6.42. The van der Waals surface area contributed by atoms with Gasteiger partial charge in [-0.05, 0) is 23.8 Å². The van der Waals surface area contributed by atoms with Crippen LogP contribution in [0.2, 0.25) is 0 Å². The molecule has 3 aliphatic rings. The Kier molecular flexibility index (Phi) is 4.75. The van der Waals surface area contributed by atoms with Gasteiger partial charge >= 0.3 is 0 Å². The summed E-state index contributed by atoms with van der Waals surface area (Å²) in [6, 6.07) is 19.3. The smallest absolute Gasteiger partial charge is 0.180 e. The van der Waals surface area contributed by atoms with Crippen molar-refractivity contribution in [3.05, 3.63) is 107 Å². The molecule has 1 saturated heterocycles. The zero-order chi connectivity index (χ0) is 25.4. The summed E-state index contributed by atoms with van der Waals surface area (Å²) in [5, 5.41) is 0. The molecule has 0 unspecified atom stereocenters. The molecule has 0 bridgehead atoms. The van der Waals surface area contributed by atoms with Crippen LogP contribution >= 0.6 is 0 Å². The number of nitrogens with zero attached hydrogens (tertiary/aromatic N) is 1. The maximum absolute atomic E-state index is 14.4. The molecule has 3 atom stereocenters. The lowest BCUT2D eigenvalue weighted by atomic mass is 9.63. The van der Waals surface area contributed by atoms with Crippen LogP contribution in [0.5, 0.6) is 0 Å². The van der Waals surface area contributed by atoms with E-state index in [2.05, 4.69) is 0 Å². The summed E-state index contributed by atoms with van der Waals surface area (Å²) in [5.41, 5.74) is 0.571. The average molecular weight is 480 g/mol. The number of carbonyl (C=O) groups excluding carboxylic acids is 3. The third kappa shape index (κ3) is 2.83. The van der Waals surface area contributed by atoms with Crippen LogP contribution < -0.4 is 4.90 Å². The van der Waals surface area contributed by atoms with Crippen LogP contribution in [0, 0.1) is 16.6 Å². The minimum absolute atomic E-state index is 0.0691. The van der Waals surface area contributed by atoms with Gasteiger partial charge in [0.25, 0.3) is 0 Å². The topological polar surface area (TPSA) is 54.5 Å². The maximum atomic E-state index is 14.4. The van der Waals surface area contributed by atoms with Gasteiger partial charge in [-0.1, -0.05) is 87.5 Å². The summed E-state index contributed by atoms with van der Waals surface area (Å²) in [7, 11) is 0. The number of anilines is 1. The van der Waals surface area contributed by atoms with Crippen LogP contribution in [0.4, 0.5) is 10.1 Å².